The second kappa shape index (κ2) is 6.07. The monoisotopic (exact) mass is 298 g/mol. The molecule has 1 aliphatic heterocycles. The first-order valence-electron chi connectivity index (χ1n) is 7.02. The average Bonchev–Trinajstić information content (AvgIpc) is 2.42. The average molecular weight is 298 g/mol. The fourth-order valence-corrected chi connectivity index (χ4v) is 2.24. The number of carbonyl (C=O) groups excluding carboxylic acids is 1. The van der Waals surface area contributed by atoms with Crippen molar-refractivity contribution in [2.45, 2.75) is 51.2 Å². The highest BCUT2D eigenvalue weighted by Gasteiger charge is 2.30. The molecule has 0 aromatic heterocycles. The Hall–Kier alpha value is -1.53. The van der Waals surface area contributed by atoms with Gasteiger partial charge in [0, 0.05) is 12.8 Å². The van der Waals surface area contributed by atoms with Crippen LogP contribution in [0, 0.1) is 0 Å². The number of esters is 1. The van der Waals surface area contributed by atoms with Crippen LogP contribution >= 0.6 is 0 Å². The van der Waals surface area contributed by atoms with E-state index < -0.39 is 11.7 Å². The first-order valence-corrected chi connectivity index (χ1v) is 7.02. The molecule has 2 rings (SSSR count). The number of ether oxygens (including phenoxy) is 3. The topological polar surface area (TPSA) is 85.2 Å². The lowest BCUT2D eigenvalue weighted by Crippen LogP contribution is -2.39. The third-order valence-electron chi connectivity index (χ3n) is 3.75. The third-order valence-corrected chi connectivity index (χ3v) is 3.75. The lowest BCUT2D eigenvalue weighted by atomic mass is 9.95. The number of rotatable bonds is 5. The van der Waals surface area contributed by atoms with Gasteiger partial charge in [0.2, 0.25) is 0 Å². The number of allylic oxidation sites excluding steroid dienone is 1. The molecule has 6 nitrogen and oxygen atoms in total. The summed E-state index contributed by atoms with van der Waals surface area (Å²) in [6, 6.07) is 0. The molecule has 118 valence electrons. The van der Waals surface area contributed by atoms with Crippen LogP contribution in [0.4, 0.5) is 0 Å². The highest BCUT2D eigenvalue weighted by Crippen LogP contribution is 2.36. The van der Waals surface area contributed by atoms with Crippen molar-refractivity contribution < 1.29 is 29.2 Å². The Morgan fingerprint density at radius 3 is 2.62 bits per heavy atom. The predicted molar refractivity (Wildman–Crippen MR) is 73.9 cm³/mol. The summed E-state index contributed by atoms with van der Waals surface area (Å²) in [5.74, 6) is 1.61. The number of aliphatic hydroxyl groups is 2. The molecular formula is C15H22O6. The van der Waals surface area contributed by atoms with Crippen LogP contribution in [0.3, 0.4) is 0 Å². The summed E-state index contributed by atoms with van der Waals surface area (Å²) in [7, 11) is 1.56. The second-order valence-electron chi connectivity index (χ2n) is 5.89. The normalized spacial score (nSPS) is 20.9. The summed E-state index contributed by atoms with van der Waals surface area (Å²) in [6.45, 7) is 2.97. The van der Waals surface area contributed by atoms with E-state index in [2.05, 4.69) is 0 Å². The molecule has 0 bridgehead atoms. The largest absolute Gasteiger partial charge is 0.497 e. The maximum atomic E-state index is 11.4. The van der Waals surface area contributed by atoms with Crippen LogP contribution in [0.1, 0.15) is 39.5 Å². The van der Waals surface area contributed by atoms with Crippen molar-refractivity contribution in [1.29, 1.82) is 0 Å². The van der Waals surface area contributed by atoms with Gasteiger partial charge in [-0.05, 0) is 25.8 Å². The molecular weight excluding hydrogens is 276 g/mol. The van der Waals surface area contributed by atoms with Crippen molar-refractivity contribution in [2.75, 3.05) is 13.7 Å². The van der Waals surface area contributed by atoms with Gasteiger partial charge in [-0.15, -0.1) is 0 Å². The smallest absolute Gasteiger partial charge is 0.311 e. The van der Waals surface area contributed by atoms with E-state index in [4.69, 9.17) is 14.2 Å². The highest BCUT2D eigenvalue weighted by atomic mass is 16.5. The zero-order chi connectivity index (χ0) is 15.6. The number of hydrogen-bond donors (Lipinski definition) is 2. The van der Waals surface area contributed by atoms with E-state index in [1.807, 2.05) is 0 Å². The molecule has 2 aliphatic rings. The molecule has 0 aromatic carbocycles. The van der Waals surface area contributed by atoms with E-state index in [9.17, 15) is 15.0 Å². The van der Waals surface area contributed by atoms with Crippen LogP contribution < -0.4 is 0 Å². The fourth-order valence-electron chi connectivity index (χ4n) is 2.24. The van der Waals surface area contributed by atoms with Gasteiger partial charge in [-0.25, -0.2) is 0 Å². The molecule has 0 radical (unpaired) electrons. The molecule has 1 unspecified atom stereocenters. The van der Waals surface area contributed by atoms with Gasteiger partial charge in [-0.1, -0.05) is 0 Å². The Balaban J connectivity index is 2.04. The molecule has 0 saturated carbocycles. The number of aliphatic hydroxyl groups excluding tert-OH is 1. The summed E-state index contributed by atoms with van der Waals surface area (Å²) in [6.07, 6.45) is 0.937. The molecule has 1 atom stereocenters. The summed E-state index contributed by atoms with van der Waals surface area (Å²) < 4.78 is 16.2. The van der Waals surface area contributed by atoms with Gasteiger partial charge in [-0.2, -0.15) is 0 Å². The van der Waals surface area contributed by atoms with Gasteiger partial charge in [0.1, 0.15) is 30.0 Å². The first-order chi connectivity index (χ1) is 9.81. The Labute approximate surface area is 124 Å². The minimum atomic E-state index is -1.25. The molecule has 21 heavy (non-hydrogen) atoms. The Kier molecular flexibility index (Phi) is 4.58. The predicted octanol–water partition coefficient (Wildman–Crippen LogP) is 1.38. The van der Waals surface area contributed by atoms with Crippen molar-refractivity contribution in [1.82, 2.24) is 0 Å². The summed E-state index contributed by atoms with van der Waals surface area (Å²) in [4.78, 5) is 11.4. The molecule has 2 N–H and O–H groups in total. The maximum absolute atomic E-state index is 11.4. The number of methoxy groups -OCH3 is 1. The van der Waals surface area contributed by atoms with Gasteiger partial charge in [-0.3, -0.25) is 4.79 Å². The molecule has 0 amide bonds. The standard InChI is InChI=1S/C15H22O6/c1-15(2,18)13(16)8-20-12-7-10-9(6-11(12)19-3)4-5-14(17)21-10/h13,16,18H,4-8H2,1-3H3. The van der Waals surface area contributed by atoms with Crippen LogP contribution in [0.5, 0.6) is 0 Å². The molecule has 1 aliphatic carbocycles. The van der Waals surface area contributed by atoms with E-state index in [0.717, 1.165) is 5.57 Å². The van der Waals surface area contributed by atoms with Crippen molar-refractivity contribution in [3.63, 3.8) is 0 Å². The van der Waals surface area contributed by atoms with Gasteiger partial charge in [0.15, 0.2) is 0 Å². The van der Waals surface area contributed by atoms with Gasteiger partial charge in [0.05, 0.1) is 19.1 Å². The minimum Gasteiger partial charge on any atom is -0.497 e. The lowest BCUT2D eigenvalue weighted by molar-refractivity contribution is -0.141. The summed E-state index contributed by atoms with van der Waals surface area (Å²) >= 11 is 0. The molecule has 0 aromatic rings. The zero-order valence-electron chi connectivity index (χ0n) is 12.6. The SMILES string of the molecule is COC1=C(OCC(O)C(C)(C)O)CC2=C(CCC(=O)O2)C1. The van der Waals surface area contributed by atoms with Crippen LogP contribution in [0.25, 0.3) is 0 Å². The van der Waals surface area contributed by atoms with Crippen LogP contribution in [0.2, 0.25) is 0 Å². The summed E-state index contributed by atoms with van der Waals surface area (Å²) in [5.41, 5.74) is -0.189. The number of hydrogen-bond acceptors (Lipinski definition) is 6. The molecule has 0 fully saturated rings. The van der Waals surface area contributed by atoms with Gasteiger partial charge < -0.3 is 24.4 Å². The molecule has 6 heteroatoms. The quantitative estimate of drug-likeness (QED) is 0.746. The van der Waals surface area contributed by atoms with Gasteiger partial charge >= 0.3 is 5.97 Å². The van der Waals surface area contributed by atoms with Gasteiger partial charge in [0.25, 0.3) is 0 Å². The minimum absolute atomic E-state index is 0.0533. The molecule has 0 spiro atoms. The van der Waals surface area contributed by atoms with E-state index >= 15 is 0 Å². The lowest BCUT2D eigenvalue weighted by Gasteiger charge is -2.29. The third kappa shape index (κ3) is 3.77. The molecule has 0 saturated heterocycles. The Morgan fingerprint density at radius 2 is 2.00 bits per heavy atom. The van der Waals surface area contributed by atoms with Crippen LogP contribution in [0.15, 0.2) is 22.9 Å². The van der Waals surface area contributed by atoms with Crippen LogP contribution in [-0.2, 0) is 19.0 Å². The van der Waals surface area contributed by atoms with E-state index in [-0.39, 0.29) is 12.6 Å². The molecule has 1 heterocycles. The van der Waals surface area contributed by atoms with E-state index in [1.165, 1.54) is 13.8 Å². The van der Waals surface area contributed by atoms with Crippen molar-refractivity contribution in [3.05, 3.63) is 22.9 Å². The second-order valence-corrected chi connectivity index (χ2v) is 5.89. The first kappa shape index (κ1) is 15.9. The van der Waals surface area contributed by atoms with Crippen molar-refractivity contribution in [2.24, 2.45) is 0 Å². The Bertz CT molecular complexity index is 483. The highest BCUT2D eigenvalue weighted by molar-refractivity contribution is 5.72. The van der Waals surface area contributed by atoms with Crippen LogP contribution in [-0.4, -0.2) is 41.6 Å². The zero-order valence-corrected chi connectivity index (χ0v) is 12.6. The summed E-state index contributed by atoms with van der Waals surface area (Å²) in [5, 5.41) is 19.5. The van der Waals surface area contributed by atoms with E-state index in [1.54, 1.807) is 7.11 Å². The fraction of sp³-hybridized carbons (Fsp3) is 0.667. The van der Waals surface area contributed by atoms with Crippen molar-refractivity contribution in [3.8, 4) is 0 Å². The van der Waals surface area contributed by atoms with Crippen molar-refractivity contribution >= 4 is 5.97 Å². The number of carbonyl (C=O) groups is 1. The maximum Gasteiger partial charge on any atom is 0.311 e. The Morgan fingerprint density at radius 1 is 1.29 bits per heavy atom. The van der Waals surface area contributed by atoms with E-state index in [0.29, 0.717) is 43.0 Å².